The number of hydrogen-bond acceptors (Lipinski definition) is 4. The van der Waals surface area contributed by atoms with E-state index in [0.29, 0.717) is 16.8 Å². The van der Waals surface area contributed by atoms with Crippen LogP contribution in [0.4, 0.5) is 0 Å². The number of allylic oxidation sites excluding steroid dienone is 1. The smallest absolute Gasteiger partial charge is 0.199 e. The lowest BCUT2D eigenvalue weighted by atomic mass is 10.1. The molecule has 0 aliphatic heterocycles. The Kier molecular flexibility index (Phi) is 3.19. The molecule has 1 aromatic rings. The summed E-state index contributed by atoms with van der Waals surface area (Å²) in [4.78, 5) is 17.2. The fourth-order valence-corrected chi connectivity index (χ4v) is 1.83. The van der Waals surface area contributed by atoms with Gasteiger partial charge in [0.15, 0.2) is 5.78 Å². The Morgan fingerprint density at radius 3 is 2.44 bits per heavy atom. The molecule has 0 saturated carbocycles. The van der Waals surface area contributed by atoms with Crippen molar-refractivity contribution in [1.82, 2.24) is 0 Å². The van der Waals surface area contributed by atoms with Gasteiger partial charge in [-0.3, -0.25) is 4.79 Å². The average Bonchev–Trinajstić information content (AvgIpc) is 2.60. The summed E-state index contributed by atoms with van der Waals surface area (Å²) in [6, 6.07) is 6.95. The lowest BCUT2D eigenvalue weighted by molar-refractivity contribution is 0.0854. The van der Waals surface area contributed by atoms with E-state index in [4.69, 9.17) is 4.84 Å². The largest absolute Gasteiger partial charge is 0.506 e. The maximum Gasteiger partial charge on any atom is 0.199 e. The molecule has 0 saturated heterocycles. The summed E-state index contributed by atoms with van der Waals surface area (Å²) in [7, 11) is 0. The van der Waals surface area contributed by atoms with E-state index in [-0.39, 0.29) is 23.2 Å². The molecular formula is C14H15NO3. The van der Waals surface area contributed by atoms with Crippen LogP contribution < -0.4 is 0 Å². The van der Waals surface area contributed by atoms with Crippen LogP contribution in [0.5, 0.6) is 0 Å². The van der Waals surface area contributed by atoms with Crippen LogP contribution in [-0.2, 0) is 4.84 Å². The second-order valence-corrected chi connectivity index (χ2v) is 4.43. The van der Waals surface area contributed by atoms with Crippen molar-refractivity contribution in [3.63, 3.8) is 0 Å². The number of benzene rings is 1. The molecule has 1 N–H and O–H groups in total. The molecule has 18 heavy (non-hydrogen) atoms. The molecule has 1 aromatic carbocycles. The van der Waals surface area contributed by atoms with Gasteiger partial charge in [-0.25, -0.2) is 0 Å². The normalized spacial score (nSPS) is 15.3. The minimum Gasteiger partial charge on any atom is -0.506 e. The van der Waals surface area contributed by atoms with Gasteiger partial charge in [-0.05, 0) is 20.8 Å². The topological polar surface area (TPSA) is 58.9 Å². The number of ketones is 1. The van der Waals surface area contributed by atoms with E-state index in [1.807, 2.05) is 13.8 Å². The van der Waals surface area contributed by atoms with Crippen molar-refractivity contribution in [3.8, 4) is 0 Å². The molecule has 0 spiro atoms. The molecule has 0 bridgehead atoms. The summed E-state index contributed by atoms with van der Waals surface area (Å²) < 4.78 is 0. The molecular weight excluding hydrogens is 230 g/mol. The van der Waals surface area contributed by atoms with Crippen LogP contribution in [0.1, 0.15) is 36.7 Å². The number of aliphatic hydroxyl groups excluding tert-OH is 1. The minimum absolute atomic E-state index is 0.0239. The third-order valence-electron chi connectivity index (χ3n) is 2.65. The Bertz CT molecular complexity index is 556. The SMILES string of the molecule is CC(=NOC(C)C)C1=C(O)c2ccccc2C1=O. The van der Waals surface area contributed by atoms with E-state index in [9.17, 15) is 9.90 Å². The summed E-state index contributed by atoms with van der Waals surface area (Å²) >= 11 is 0. The molecule has 94 valence electrons. The van der Waals surface area contributed by atoms with Crippen molar-refractivity contribution in [2.45, 2.75) is 26.9 Å². The Labute approximate surface area is 106 Å². The Morgan fingerprint density at radius 1 is 1.28 bits per heavy atom. The first-order valence-electron chi connectivity index (χ1n) is 5.80. The van der Waals surface area contributed by atoms with Gasteiger partial charge in [-0.2, -0.15) is 0 Å². The highest BCUT2D eigenvalue weighted by Gasteiger charge is 2.31. The molecule has 0 heterocycles. The molecule has 0 aromatic heterocycles. The lowest BCUT2D eigenvalue weighted by Crippen LogP contribution is -2.09. The van der Waals surface area contributed by atoms with E-state index in [0.717, 1.165) is 0 Å². The van der Waals surface area contributed by atoms with Gasteiger partial charge < -0.3 is 9.94 Å². The molecule has 4 nitrogen and oxygen atoms in total. The number of fused-ring (bicyclic) bond motifs is 1. The summed E-state index contributed by atoms with van der Waals surface area (Å²) in [5.41, 5.74) is 1.67. The van der Waals surface area contributed by atoms with Gasteiger partial charge in [0.05, 0.1) is 11.3 Å². The fraction of sp³-hybridized carbons (Fsp3) is 0.286. The quantitative estimate of drug-likeness (QED) is 0.658. The number of aliphatic hydroxyl groups is 1. The maximum atomic E-state index is 12.1. The van der Waals surface area contributed by atoms with Crippen molar-refractivity contribution in [2.75, 3.05) is 0 Å². The number of oxime groups is 1. The standard InChI is InChI=1S/C14H15NO3/c1-8(2)18-15-9(3)12-13(16)10-6-4-5-7-11(10)14(12)17/h4-8,16H,1-3H3. The summed E-state index contributed by atoms with van der Waals surface area (Å²) in [6.07, 6.45) is -0.0680. The number of carbonyl (C=O) groups excluding carboxylic acids is 1. The molecule has 0 fully saturated rings. The predicted octanol–water partition coefficient (Wildman–Crippen LogP) is 2.95. The molecule has 4 heteroatoms. The first-order valence-corrected chi connectivity index (χ1v) is 5.80. The highest BCUT2D eigenvalue weighted by molar-refractivity contribution is 6.35. The van der Waals surface area contributed by atoms with Crippen molar-refractivity contribution in [3.05, 3.63) is 41.0 Å². The van der Waals surface area contributed by atoms with Crippen LogP contribution in [0.2, 0.25) is 0 Å². The van der Waals surface area contributed by atoms with Gasteiger partial charge in [0, 0.05) is 11.1 Å². The minimum atomic E-state index is -0.211. The van der Waals surface area contributed by atoms with E-state index in [1.165, 1.54) is 0 Å². The van der Waals surface area contributed by atoms with Gasteiger partial charge in [0.1, 0.15) is 11.9 Å². The van der Waals surface area contributed by atoms with Crippen LogP contribution >= 0.6 is 0 Å². The van der Waals surface area contributed by atoms with E-state index in [1.54, 1.807) is 31.2 Å². The number of hydrogen-bond donors (Lipinski definition) is 1. The maximum absolute atomic E-state index is 12.1. The van der Waals surface area contributed by atoms with Crippen molar-refractivity contribution < 1.29 is 14.7 Å². The molecule has 0 radical (unpaired) electrons. The predicted molar refractivity (Wildman–Crippen MR) is 69.7 cm³/mol. The molecule has 1 aliphatic rings. The monoisotopic (exact) mass is 245 g/mol. The van der Waals surface area contributed by atoms with Crippen LogP contribution in [-0.4, -0.2) is 22.7 Å². The number of carbonyl (C=O) groups is 1. The Hall–Kier alpha value is -2.10. The molecule has 2 rings (SSSR count). The van der Waals surface area contributed by atoms with Crippen LogP contribution in [0.15, 0.2) is 35.0 Å². The van der Waals surface area contributed by atoms with E-state index >= 15 is 0 Å². The highest BCUT2D eigenvalue weighted by Crippen LogP contribution is 2.31. The average molecular weight is 245 g/mol. The fourth-order valence-electron chi connectivity index (χ4n) is 1.83. The zero-order valence-corrected chi connectivity index (χ0v) is 10.6. The number of Topliss-reactive ketones (excluding diaryl/α,β-unsaturated/α-hetero) is 1. The zero-order chi connectivity index (χ0) is 13.3. The van der Waals surface area contributed by atoms with E-state index < -0.39 is 0 Å². The van der Waals surface area contributed by atoms with Crippen LogP contribution in [0.25, 0.3) is 5.76 Å². The molecule has 0 unspecified atom stereocenters. The lowest BCUT2D eigenvalue weighted by Gasteiger charge is -2.05. The van der Waals surface area contributed by atoms with E-state index in [2.05, 4.69) is 5.16 Å². The van der Waals surface area contributed by atoms with Gasteiger partial charge in [-0.1, -0.05) is 29.4 Å². The first-order chi connectivity index (χ1) is 8.52. The first kappa shape index (κ1) is 12.4. The van der Waals surface area contributed by atoms with Gasteiger partial charge >= 0.3 is 0 Å². The van der Waals surface area contributed by atoms with Crippen molar-refractivity contribution in [1.29, 1.82) is 0 Å². The summed E-state index contributed by atoms with van der Waals surface area (Å²) in [5.74, 6) is -0.235. The highest BCUT2D eigenvalue weighted by atomic mass is 16.6. The zero-order valence-electron chi connectivity index (χ0n) is 10.6. The number of nitrogens with zero attached hydrogens (tertiary/aromatic N) is 1. The summed E-state index contributed by atoms with van der Waals surface area (Å²) in [5, 5.41) is 13.9. The second-order valence-electron chi connectivity index (χ2n) is 4.43. The Morgan fingerprint density at radius 2 is 1.89 bits per heavy atom. The second kappa shape index (κ2) is 4.64. The van der Waals surface area contributed by atoms with Gasteiger partial charge in [-0.15, -0.1) is 0 Å². The van der Waals surface area contributed by atoms with Crippen molar-refractivity contribution in [2.24, 2.45) is 5.16 Å². The summed E-state index contributed by atoms with van der Waals surface area (Å²) in [6.45, 7) is 5.34. The van der Waals surface area contributed by atoms with Gasteiger partial charge in [0.25, 0.3) is 0 Å². The van der Waals surface area contributed by atoms with Gasteiger partial charge in [0.2, 0.25) is 0 Å². The Balaban J connectivity index is 2.40. The third kappa shape index (κ3) is 2.01. The molecule has 0 atom stereocenters. The molecule has 1 aliphatic carbocycles. The van der Waals surface area contributed by atoms with Crippen molar-refractivity contribution >= 4 is 17.3 Å². The number of rotatable bonds is 3. The van der Waals surface area contributed by atoms with Crippen LogP contribution in [0, 0.1) is 0 Å². The molecule has 0 amide bonds. The third-order valence-corrected chi connectivity index (χ3v) is 2.65. The van der Waals surface area contributed by atoms with Crippen LogP contribution in [0.3, 0.4) is 0 Å².